The Hall–Kier alpha value is -1.20. The molecule has 0 aliphatic carbocycles. The second kappa shape index (κ2) is 8.60. The minimum atomic E-state index is -0.0409. The van der Waals surface area contributed by atoms with Crippen LogP contribution < -0.4 is 5.32 Å². The number of nitrogens with one attached hydrogen (secondary N) is 1. The van der Waals surface area contributed by atoms with Gasteiger partial charge in [-0.2, -0.15) is 0 Å². The summed E-state index contributed by atoms with van der Waals surface area (Å²) in [6.45, 7) is 3.34. The summed E-state index contributed by atoms with van der Waals surface area (Å²) in [6, 6.07) is 18.7. The molecule has 0 saturated carbocycles. The number of rotatable bonds is 6. The van der Waals surface area contributed by atoms with E-state index in [1.54, 1.807) is 0 Å². The van der Waals surface area contributed by atoms with E-state index in [0.717, 1.165) is 30.6 Å². The van der Waals surface area contributed by atoms with Gasteiger partial charge in [0.25, 0.3) is 0 Å². The summed E-state index contributed by atoms with van der Waals surface area (Å²) in [5.74, 6) is 0. The Kier molecular flexibility index (Phi) is 6.22. The standard InChI is InChI=1S/C19H22BrNO2/c20-17-8-6-16(7-9-17)19(15-4-2-1-3-5-15)23-12-10-18-14-21-11-13-22-18/h1-9,18-19,21H,10-14H2. The predicted octanol–water partition coefficient (Wildman–Crippen LogP) is 3.93. The Morgan fingerprint density at radius 2 is 1.83 bits per heavy atom. The van der Waals surface area contributed by atoms with Gasteiger partial charge in [-0.15, -0.1) is 0 Å². The van der Waals surface area contributed by atoms with Gasteiger partial charge in [0, 0.05) is 17.6 Å². The largest absolute Gasteiger partial charge is 0.375 e. The molecule has 1 heterocycles. The minimum absolute atomic E-state index is 0.0409. The molecule has 3 nitrogen and oxygen atoms in total. The van der Waals surface area contributed by atoms with Gasteiger partial charge in [-0.05, 0) is 29.7 Å². The van der Waals surface area contributed by atoms with Crippen LogP contribution in [-0.2, 0) is 9.47 Å². The number of halogens is 1. The Morgan fingerprint density at radius 1 is 1.09 bits per heavy atom. The topological polar surface area (TPSA) is 30.5 Å². The van der Waals surface area contributed by atoms with Crippen LogP contribution in [0.4, 0.5) is 0 Å². The van der Waals surface area contributed by atoms with Gasteiger partial charge in [0.1, 0.15) is 6.10 Å². The number of benzene rings is 2. The predicted molar refractivity (Wildman–Crippen MR) is 95.6 cm³/mol. The molecule has 0 amide bonds. The molecular formula is C19H22BrNO2. The quantitative estimate of drug-likeness (QED) is 0.829. The van der Waals surface area contributed by atoms with E-state index < -0.39 is 0 Å². The average molecular weight is 376 g/mol. The number of hydrogen-bond donors (Lipinski definition) is 1. The third-order valence-corrected chi connectivity index (χ3v) is 4.53. The van der Waals surface area contributed by atoms with Crippen molar-refractivity contribution in [3.63, 3.8) is 0 Å². The Labute approximate surface area is 146 Å². The fourth-order valence-corrected chi connectivity index (χ4v) is 3.04. The van der Waals surface area contributed by atoms with Gasteiger partial charge in [0.15, 0.2) is 0 Å². The average Bonchev–Trinajstić information content (AvgIpc) is 2.61. The van der Waals surface area contributed by atoms with Crippen molar-refractivity contribution in [2.24, 2.45) is 0 Å². The van der Waals surface area contributed by atoms with Crippen LogP contribution in [0.2, 0.25) is 0 Å². The van der Waals surface area contributed by atoms with Gasteiger partial charge in [0.2, 0.25) is 0 Å². The lowest BCUT2D eigenvalue weighted by molar-refractivity contribution is -0.00715. The van der Waals surface area contributed by atoms with Crippen molar-refractivity contribution in [1.82, 2.24) is 5.32 Å². The van der Waals surface area contributed by atoms with E-state index in [0.29, 0.717) is 6.61 Å². The first-order valence-corrected chi connectivity index (χ1v) is 8.86. The summed E-state index contributed by atoms with van der Waals surface area (Å²) >= 11 is 3.49. The van der Waals surface area contributed by atoms with Gasteiger partial charge < -0.3 is 14.8 Å². The minimum Gasteiger partial charge on any atom is -0.375 e. The van der Waals surface area contributed by atoms with Crippen molar-refractivity contribution in [2.75, 3.05) is 26.3 Å². The Balaban J connectivity index is 1.66. The maximum absolute atomic E-state index is 6.23. The van der Waals surface area contributed by atoms with E-state index in [-0.39, 0.29) is 12.2 Å². The highest BCUT2D eigenvalue weighted by Crippen LogP contribution is 2.27. The molecule has 2 atom stereocenters. The van der Waals surface area contributed by atoms with Gasteiger partial charge in [-0.25, -0.2) is 0 Å². The highest BCUT2D eigenvalue weighted by Gasteiger charge is 2.17. The van der Waals surface area contributed by atoms with Crippen LogP contribution in [0.1, 0.15) is 23.7 Å². The monoisotopic (exact) mass is 375 g/mol. The molecule has 2 aromatic rings. The van der Waals surface area contributed by atoms with Crippen molar-refractivity contribution < 1.29 is 9.47 Å². The van der Waals surface area contributed by atoms with E-state index in [1.165, 1.54) is 11.1 Å². The van der Waals surface area contributed by atoms with Gasteiger partial charge >= 0.3 is 0 Å². The molecule has 0 aromatic heterocycles. The van der Waals surface area contributed by atoms with E-state index in [9.17, 15) is 0 Å². The van der Waals surface area contributed by atoms with Crippen LogP contribution in [0.3, 0.4) is 0 Å². The normalized spacial score (nSPS) is 19.4. The van der Waals surface area contributed by atoms with E-state index in [2.05, 4.69) is 69.8 Å². The highest BCUT2D eigenvalue weighted by molar-refractivity contribution is 9.10. The fraction of sp³-hybridized carbons (Fsp3) is 0.368. The van der Waals surface area contributed by atoms with Crippen molar-refractivity contribution in [3.8, 4) is 0 Å². The van der Waals surface area contributed by atoms with E-state index in [4.69, 9.17) is 9.47 Å². The molecule has 3 rings (SSSR count). The smallest absolute Gasteiger partial charge is 0.108 e. The number of ether oxygens (including phenoxy) is 2. The molecule has 23 heavy (non-hydrogen) atoms. The molecular weight excluding hydrogens is 354 g/mol. The van der Waals surface area contributed by atoms with Gasteiger partial charge in [-0.3, -0.25) is 0 Å². The summed E-state index contributed by atoms with van der Waals surface area (Å²) in [5, 5.41) is 3.36. The second-order valence-corrected chi connectivity index (χ2v) is 6.61. The van der Waals surface area contributed by atoms with E-state index >= 15 is 0 Å². The SMILES string of the molecule is Brc1ccc(C(OCCC2CNCCO2)c2ccccc2)cc1. The summed E-state index contributed by atoms with van der Waals surface area (Å²) in [7, 11) is 0. The van der Waals surface area contributed by atoms with Crippen LogP contribution in [-0.4, -0.2) is 32.4 Å². The maximum atomic E-state index is 6.23. The third-order valence-electron chi connectivity index (χ3n) is 4.00. The van der Waals surface area contributed by atoms with Crippen LogP contribution >= 0.6 is 15.9 Å². The first kappa shape index (κ1) is 16.7. The van der Waals surface area contributed by atoms with Crippen molar-refractivity contribution in [3.05, 3.63) is 70.2 Å². The summed E-state index contributed by atoms with van der Waals surface area (Å²) < 4.78 is 13.1. The molecule has 1 fully saturated rings. The van der Waals surface area contributed by atoms with Crippen LogP contribution in [0.5, 0.6) is 0 Å². The zero-order chi connectivity index (χ0) is 15.9. The lowest BCUT2D eigenvalue weighted by Gasteiger charge is -2.25. The van der Waals surface area contributed by atoms with Crippen LogP contribution in [0.25, 0.3) is 0 Å². The first-order chi connectivity index (χ1) is 11.3. The number of hydrogen-bond acceptors (Lipinski definition) is 3. The molecule has 0 radical (unpaired) electrons. The first-order valence-electron chi connectivity index (χ1n) is 8.07. The second-order valence-electron chi connectivity index (χ2n) is 5.70. The molecule has 1 aliphatic heterocycles. The summed E-state index contributed by atoms with van der Waals surface area (Å²) in [5.41, 5.74) is 2.35. The van der Waals surface area contributed by atoms with Crippen LogP contribution in [0.15, 0.2) is 59.1 Å². The molecule has 0 spiro atoms. The zero-order valence-electron chi connectivity index (χ0n) is 13.1. The molecule has 4 heteroatoms. The van der Waals surface area contributed by atoms with Crippen LogP contribution in [0, 0.1) is 0 Å². The Morgan fingerprint density at radius 3 is 2.52 bits per heavy atom. The molecule has 2 aromatic carbocycles. The van der Waals surface area contributed by atoms with Crippen molar-refractivity contribution in [1.29, 1.82) is 0 Å². The molecule has 122 valence electrons. The zero-order valence-corrected chi connectivity index (χ0v) is 14.7. The fourth-order valence-electron chi connectivity index (χ4n) is 2.77. The molecule has 1 saturated heterocycles. The Bertz CT molecular complexity index is 582. The molecule has 1 aliphatic rings. The lowest BCUT2D eigenvalue weighted by Crippen LogP contribution is -2.39. The van der Waals surface area contributed by atoms with Gasteiger partial charge in [0.05, 0.1) is 19.3 Å². The van der Waals surface area contributed by atoms with Gasteiger partial charge in [-0.1, -0.05) is 58.4 Å². The molecule has 0 bridgehead atoms. The molecule has 2 unspecified atom stereocenters. The third kappa shape index (κ3) is 4.88. The van der Waals surface area contributed by atoms with Crippen molar-refractivity contribution >= 4 is 15.9 Å². The van der Waals surface area contributed by atoms with E-state index in [1.807, 2.05) is 6.07 Å². The molecule has 1 N–H and O–H groups in total. The lowest BCUT2D eigenvalue weighted by atomic mass is 10.0. The summed E-state index contributed by atoms with van der Waals surface area (Å²) in [6.07, 6.45) is 1.12. The summed E-state index contributed by atoms with van der Waals surface area (Å²) in [4.78, 5) is 0. The maximum Gasteiger partial charge on any atom is 0.108 e. The highest BCUT2D eigenvalue weighted by atomic mass is 79.9. The van der Waals surface area contributed by atoms with Crippen molar-refractivity contribution in [2.45, 2.75) is 18.6 Å². The number of morpholine rings is 1.